The summed E-state index contributed by atoms with van der Waals surface area (Å²) in [5.41, 5.74) is 0.829. The molecule has 0 aromatic heterocycles. The van der Waals surface area contributed by atoms with Gasteiger partial charge in [-0.3, -0.25) is 0 Å². The molecule has 40 heavy (non-hydrogen) atoms. The van der Waals surface area contributed by atoms with Crippen LogP contribution in [0.25, 0.3) is 21.5 Å². The van der Waals surface area contributed by atoms with Crippen molar-refractivity contribution in [2.24, 2.45) is 30.7 Å². The monoisotopic (exact) mass is 524 g/mol. The SMILES string of the molecule is Oc1ccc2ccccc2c1N=NC1(N=Nc2c(O)ccc3ccccc23)C=CC(N=Nc2ccccc2)=CC1. The van der Waals surface area contributed by atoms with Crippen molar-refractivity contribution in [1.82, 2.24) is 0 Å². The van der Waals surface area contributed by atoms with Crippen LogP contribution in [-0.2, 0) is 0 Å². The van der Waals surface area contributed by atoms with Crippen LogP contribution >= 0.6 is 0 Å². The average molecular weight is 525 g/mol. The van der Waals surface area contributed by atoms with Gasteiger partial charge in [-0.25, -0.2) is 0 Å². The highest BCUT2D eigenvalue weighted by Crippen LogP contribution is 2.40. The van der Waals surface area contributed by atoms with Gasteiger partial charge in [0, 0.05) is 17.2 Å². The van der Waals surface area contributed by atoms with Gasteiger partial charge < -0.3 is 10.2 Å². The number of fused-ring (bicyclic) bond motifs is 2. The van der Waals surface area contributed by atoms with Crippen LogP contribution in [-0.4, -0.2) is 15.9 Å². The molecule has 0 heterocycles. The van der Waals surface area contributed by atoms with Crippen LogP contribution in [0, 0.1) is 0 Å². The fourth-order valence-electron chi connectivity index (χ4n) is 4.43. The maximum Gasteiger partial charge on any atom is 0.213 e. The van der Waals surface area contributed by atoms with Gasteiger partial charge in [0.1, 0.15) is 22.9 Å². The Kier molecular flexibility index (Phi) is 6.64. The molecule has 1 aliphatic rings. The summed E-state index contributed by atoms with van der Waals surface area (Å²) in [6, 6.07) is 31.6. The number of nitrogens with zero attached hydrogens (tertiary/aromatic N) is 6. The fourth-order valence-corrected chi connectivity index (χ4v) is 4.43. The summed E-state index contributed by atoms with van der Waals surface area (Å²) in [5, 5.41) is 51.3. The van der Waals surface area contributed by atoms with Crippen LogP contribution in [0.15, 0.2) is 158 Å². The van der Waals surface area contributed by atoms with Gasteiger partial charge in [0.2, 0.25) is 5.66 Å². The third-order valence-corrected chi connectivity index (χ3v) is 6.57. The minimum atomic E-state index is -1.24. The first-order valence-electron chi connectivity index (χ1n) is 12.7. The van der Waals surface area contributed by atoms with E-state index in [0.29, 0.717) is 17.1 Å². The van der Waals surface area contributed by atoms with Gasteiger partial charge in [-0.2, -0.15) is 20.5 Å². The van der Waals surface area contributed by atoms with E-state index < -0.39 is 5.66 Å². The molecule has 0 spiro atoms. The predicted octanol–water partition coefficient (Wildman–Crippen LogP) is 9.60. The Bertz CT molecular complexity index is 1760. The maximum atomic E-state index is 10.6. The molecule has 6 rings (SSSR count). The zero-order valence-corrected chi connectivity index (χ0v) is 21.3. The number of hydrogen-bond donors (Lipinski definition) is 2. The van der Waals surface area contributed by atoms with E-state index in [1.54, 1.807) is 24.3 Å². The van der Waals surface area contributed by atoms with Crippen LogP contribution in [0.2, 0.25) is 0 Å². The quantitative estimate of drug-likeness (QED) is 0.215. The van der Waals surface area contributed by atoms with Crippen LogP contribution in [0.1, 0.15) is 6.42 Å². The second-order valence-corrected chi connectivity index (χ2v) is 9.29. The average Bonchev–Trinajstić information content (AvgIpc) is 3.00. The molecule has 1 aliphatic carbocycles. The Morgan fingerprint density at radius 3 is 1.65 bits per heavy atom. The second kappa shape index (κ2) is 10.7. The molecule has 0 saturated carbocycles. The molecule has 0 aliphatic heterocycles. The normalized spacial score (nSPS) is 17.4. The summed E-state index contributed by atoms with van der Waals surface area (Å²) in [4.78, 5) is 0. The molecule has 0 saturated heterocycles. The van der Waals surface area contributed by atoms with E-state index in [1.165, 1.54) is 0 Å². The van der Waals surface area contributed by atoms with Gasteiger partial charge in [-0.15, -0.1) is 10.2 Å². The van der Waals surface area contributed by atoms with Crippen LogP contribution in [0.3, 0.4) is 0 Å². The van der Waals surface area contributed by atoms with Crippen molar-refractivity contribution in [3.8, 4) is 11.5 Å². The Labute approximate surface area is 230 Å². The molecule has 0 radical (unpaired) electrons. The van der Waals surface area contributed by atoms with Crippen LogP contribution in [0.5, 0.6) is 11.5 Å². The molecule has 2 N–H and O–H groups in total. The Hall–Kier alpha value is -5.50. The third-order valence-electron chi connectivity index (χ3n) is 6.57. The maximum absolute atomic E-state index is 10.6. The topological polar surface area (TPSA) is 115 Å². The largest absolute Gasteiger partial charge is 0.506 e. The molecule has 0 amide bonds. The lowest BCUT2D eigenvalue weighted by Gasteiger charge is -2.20. The third kappa shape index (κ3) is 5.10. The fraction of sp³-hybridized carbons (Fsp3) is 0.0625. The summed E-state index contributed by atoms with van der Waals surface area (Å²) in [7, 11) is 0. The summed E-state index contributed by atoms with van der Waals surface area (Å²) in [6.45, 7) is 0. The lowest BCUT2D eigenvalue weighted by Crippen LogP contribution is -2.20. The zero-order chi connectivity index (χ0) is 27.4. The number of rotatable bonds is 6. The summed E-state index contributed by atoms with van der Waals surface area (Å²) in [6.07, 6.45) is 5.66. The number of aromatic hydroxyl groups is 2. The number of phenols is 2. The van der Waals surface area contributed by atoms with Crippen molar-refractivity contribution < 1.29 is 10.2 Å². The van der Waals surface area contributed by atoms with Gasteiger partial charge in [0.05, 0.1) is 11.4 Å². The number of allylic oxidation sites excluding steroid dienone is 1. The van der Waals surface area contributed by atoms with Crippen molar-refractivity contribution in [2.45, 2.75) is 12.1 Å². The van der Waals surface area contributed by atoms with Crippen molar-refractivity contribution in [3.63, 3.8) is 0 Å². The minimum Gasteiger partial charge on any atom is -0.506 e. The Morgan fingerprint density at radius 2 is 1.10 bits per heavy atom. The molecule has 0 atom stereocenters. The first kappa shape index (κ1) is 24.8. The van der Waals surface area contributed by atoms with E-state index >= 15 is 0 Å². The van der Waals surface area contributed by atoms with Crippen molar-refractivity contribution >= 4 is 38.6 Å². The highest BCUT2D eigenvalue weighted by molar-refractivity contribution is 5.96. The number of benzene rings is 5. The van der Waals surface area contributed by atoms with Crippen molar-refractivity contribution in [3.05, 3.63) is 127 Å². The van der Waals surface area contributed by atoms with E-state index in [2.05, 4.69) is 30.7 Å². The lowest BCUT2D eigenvalue weighted by atomic mass is 10.0. The molecular formula is C32H24N6O2. The Morgan fingerprint density at radius 1 is 0.550 bits per heavy atom. The molecule has 8 nitrogen and oxygen atoms in total. The number of azo groups is 3. The molecule has 8 heteroatoms. The zero-order valence-electron chi connectivity index (χ0n) is 21.3. The van der Waals surface area contributed by atoms with Crippen molar-refractivity contribution in [2.75, 3.05) is 0 Å². The first-order chi connectivity index (χ1) is 19.6. The molecule has 5 aromatic rings. The van der Waals surface area contributed by atoms with Gasteiger partial charge in [0.25, 0.3) is 0 Å². The Balaban J connectivity index is 1.39. The van der Waals surface area contributed by atoms with Gasteiger partial charge in [-0.1, -0.05) is 84.9 Å². The molecule has 194 valence electrons. The van der Waals surface area contributed by atoms with E-state index in [1.807, 2.05) is 97.1 Å². The van der Waals surface area contributed by atoms with E-state index in [9.17, 15) is 10.2 Å². The van der Waals surface area contributed by atoms with Crippen LogP contribution < -0.4 is 0 Å². The molecule has 0 unspecified atom stereocenters. The summed E-state index contributed by atoms with van der Waals surface area (Å²) >= 11 is 0. The molecule has 0 fully saturated rings. The second-order valence-electron chi connectivity index (χ2n) is 9.29. The first-order valence-corrected chi connectivity index (χ1v) is 12.7. The minimum absolute atomic E-state index is 0.00826. The van der Waals surface area contributed by atoms with E-state index in [4.69, 9.17) is 0 Å². The van der Waals surface area contributed by atoms with Crippen LogP contribution in [0.4, 0.5) is 17.1 Å². The summed E-state index contributed by atoms with van der Waals surface area (Å²) < 4.78 is 0. The smallest absolute Gasteiger partial charge is 0.213 e. The van der Waals surface area contributed by atoms with Crippen molar-refractivity contribution in [1.29, 1.82) is 0 Å². The highest BCUT2D eigenvalue weighted by Gasteiger charge is 2.29. The standard InChI is InChI=1S/C32H24N6O2/c39-28-16-14-22-8-4-6-12-26(22)30(28)35-37-32(20-18-25(19-21-32)34-33-24-10-2-1-3-11-24)38-36-31-27-13-7-5-9-23(27)15-17-29(31)40/h1-20,39-40H,21H2. The number of hydrogen-bond acceptors (Lipinski definition) is 8. The molecule has 0 bridgehead atoms. The lowest BCUT2D eigenvalue weighted by molar-refractivity contribution is 0.470. The molecular weight excluding hydrogens is 500 g/mol. The highest BCUT2D eigenvalue weighted by atomic mass is 16.3. The molecule has 5 aromatic carbocycles. The summed E-state index contributed by atoms with van der Waals surface area (Å²) in [5.74, 6) is 0.0165. The van der Waals surface area contributed by atoms with E-state index in [0.717, 1.165) is 27.2 Å². The predicted molar refractivity (Wildman–Crippen MR) is 156 cm³/mol. The number of phenolic OH excluding ortho intramolecular Hbond substituents is 2. The van der Waals surface area contributed by atoms with E-state index in [-0.39, 0.29) is 17.9 Å². The van der Waals surface area contributed by atoms with Gasteiger partial charge in [0.15, 0.2) is 0 Å². The van der Waals surface area contributed by atoms with Gasteiger partial charge >= 0.3 is 0 Å². The van der Waals surface area contributed by atoms with Gasteiger partial charge in [-0.05, 0) is 47.2 Å².